The van der Waals surface area contributed by atoms with Gasteiger partial charge in [-0.3, -0.25) is 14.3 Å². The Morgan fingerprint density at radius 2 is 1.60 bits per heavy atom. The number of rotatable bonds is 12. The maximum atomic E-state index is 13.4. The zero-order valence-electron chi connectivity index (χ0n) is 24.0. The van der Waals surface area contributed by atoms with E-state index in [4.69, 9.17) is 25.8 Å². The summed E-state index contributed by atoms with van der Waals surface area (Å²) in [5.41, 5.74) is 1.76. The summed E-state index contributed by atoms with van der Waals surface area (Å²) in [4.78, 5) is 27.9. The lowest BCUT2D eigenvalue weighted by molar-refractivity contribution is -0.142. The van der Waals surface area contributed by atoms with E-state index in [9.17, 15) is 22.4 Å². The third kappa shape index (κ3) is 8.22. The third-order valence-corrected chi connectivity index (χ3v) is 8.58. The van der Waals surface area contributed by atoms with Crippen LogP contribution in [0.4, 0.5) is 10.1 Å². The Kier molecular flexibility index (Phi) is 9.74. The molecule has 45 heavy (non-hydrogen) atoms. The third-order valence-electron chi connectivity index (χ3n) is 6.93. The number of carbonyl (C=O) groups excluding carboxylic acids is 2. The van der Waals surface area contributed by atoms with E-state index in [2.05, 4.69) is 10.0 Å². The second-order valence-corrected chi connectivity index (χ2v) is 12.2. The monoisotopic (exact) mass is 653 g/mol. The number of halogens is 2. The van der Waals surface area contributed by atoms with Gasteiger partial charge in [0, 0.05) is 23.8 Å². The van der Waals surface area contributed by atoms with Crippen molar-refractivity contribution in [2.45, 2.75) is 31.0 Å². The average Bonchev–Trinajstić information content (AvgIpc) is 3.51. The lowest BCUT2D eigenvalue weighted by Crippen LogP contribution is -2.48. The molecule has 0 bridgehead atoms. The molecule has 0 fully saturated rings. The number of benzene rings is 4. The van der Waals surface area contributed by atoms with Crippen molar-refractivity contribution in [1.29, 1.82) is 0 Å². The summed E-state index contributed by atoms with van der Waals surface area (Å²) in [5, 5.41) is 3.40. The fraction of sp³-hybridized carbons (Fsp3) is 0.188. The molecular weight excluding hydrogens is 625 g/mol. The molecular formula is C32H29ClFN3O7S. The molecule has 0 unspecified atom stereocenters. The number of fused-ring (bicyclic) bond motifs is 1. The molecule has 2 N–H and O–H groups in total. The Morgan fingerprint density at radius 1 is 0.933 bits per heavy atom. The van der Waals surface area contributed by atoms with Crippen molar-refractivity contribution in [3.05, 3.63) is 113 Å². The molecule has 0 aliphatic carbocycles. The Bertz CT molecular complexity index is 1770. The van der Waals surface area contributed by atoms with Crippen LogP contribution in [0.5, 0.6) is 17.2 Å². The zero-order valence-corrected chi connectivity index (χ0v) is 25.6. The number of carbonyl (C=O) groups is 2. The topological polar surface area (TPSA) is 123 Å². The standard InChI is InChI=1S/C32H29ClFN3O7S/c1-21(32(39)35-17-23-4-15-29-30(16-23)44-20-43-29)37(18-22-2-5-24(33)6-3-22)31(38)19-42-27-11-13-28(14-12-27)45(40,41)36-26-9-7-25(34)8-10-26/h2-16,21,36H,17-20H2,1H3,(H,35,39)/t21-/m1/s1. The lowest BCUT2D eigenvalue weighted by atomic mass is 10.1. The van der Waals surface area contributed by atoms with Crippen molar-refractivity contribution >= 4 is 39.1 Å². The van der Waals surface area contributed by atoms with Gasteiger partial charge in [-0.15, -0.1) is 0 Å². The van der Waals surface area contributed by atoms with Crippen molar-refractivity contribution in [2.75, 3.05) is 18.1 Å². The van der Waals surface area contributed by atoms with E-state index in [-0.39, 0.29) is 42.1 Å². The van der Waals surface area contributed by atoms with Crippen molar-refractivity contribution in [3.8, 4) is 17.2 Å². The number of nitrogens with one attached hydrogen (secondary N) is 2. The number of nitrogens with zero attached hydrogens (tertiary/aromatic N) is 1. The fourth-order valence-corrected chi connectivity index (χ4v) is 5.62. The first-order chi connectivity index (χ1) is 21.6. The van der Waals surface area contributed by atoms with Crippen LogP contribution in [-0.4, -0.2) is 44.6 Å². The second-order valence-electron chi connectivity index (χ2n) is 10.1. The molecule has 1 heterocycles. The maximum Gasteiger partial charge on any atom is 0.261 e. The molecule has 0 spiro atoms. The highest BCUT2D eigenvalue weighted by molar-refractivity contribution is 7.92. The zero-order chi connectivity index (χ0) is 32.0. The molecule has 0 saturated heterocycles. The smallest absolute Gasteiger partial charge is 0.261 e. The normalized spacial score (nSPS) is 12.7. The van der Waals surface area contributed by atoms with Crippen molar-refractivity contribution in [2.24, 2.45) is 0 Å². The minimum absolute atomic E-state index is 0.0531. The number of amides is 2. The minimum Gasteiger partial charge on any atom is -0.484 e. The predicted molar refractivity (Wildman–Crippen MR) is 165 cm³/mol. The Morgan fingerprint density at radius 3 is 2.31 bits per heavy atom. The van der Waals surface area contributed by atoms with Crippen LogP contribution in [0.1, 0.15) is 18.1 Å². The molecule has 2 amide bonds. The van der Waals surface area contributed by atoms with E-state index in [0.717, 1.165) is 23.3 Å². The molecule has 0 saturated carbocycles. The van der Waals surface area contributed by atoms with Crippen LogP contribution >= 0.6 is 11.6 Å². The minimum atomic E-state index is -3.95. The predicted octanol–water partition coefficient (Wildman–Crippen LogP) is 5.12. The summed E-state index contributed by atoms with van der Waals surface area (Å²) < 4.78 is 57.4. The van der Waals surface area contributed by atoms with Gasteiger partial charge in [0.1, 0.15) is 17.6 Å². The molecule has 4 aromatic rings. The van der Waals surface area contributed by atoms with E-state index in [1.54, 1.807) is 43.3 Å². The van der Waals surface area contributed by atoms with Crippen LogP contribution in [0, 0.1) is 5.82 Å². The first-order valence-corrected chi connectivity index (χ1v) is 15.6. The molecule has 1 aliphatic rings. The van der Waals surface area contributed by atoms with Gasteiger partial charge in [0.05, 0.1) is 4.90 Å². The molecule has 1 atom stereocenters. The summed E-state index contributed by atoms with van der Waals surface area (Å²) in [6, 6.07) is 21.8. The van der Waals surface area contributed by atoms with Gasteiger partial charge in [-0.25, -0.2) is 12.8 Å². The van der Waals surface area contributed by atoms with Crippen LogP contribution < -0.4 is 24.2 Å². The molecule has 4 aromatic carbocycles. The van der Waals surface area contributed by atoms with Gasteiger partial charge in [-0.2, -0.15) is 0 Å². The van der Waals surface area contributed by atoms with E-state index in [0.29, 0.717) is 16.5 Å². The van der Waals surface area contributed by atoms with Crippen molar-refractivity contribution < 1.29 is 36.6 Å². The van der Waals surface area contributed by atoms with Gasteiger partial charge in [-0.05, 0) is 90.8 Å². The van der Waals surface area contributed by atoms with E-state index in [1.807, 2.05) is 6.07 Å². The summed E-state index contributed by atoms with van der Waals surface area (Å²) in [6.45, 7) is 1.68. The van der Waals surface area contributed by atoms with Crippen LogP contribution in [0.25, 0.3) is 0 Å². The Labute approximate surface area is 264 Å². The SMILES string of the molecule is C[C@H](C(=O)NCc1ccc2c(c1)OCO2)N(Cc1ccc(Cl)cc1)C(=O)COc1ccc(S(=O)(=O)Nc2ccc(F)cc2)cc1. The maximum absolute atomic E-state index is 13.4. The average molecular weight is 654 g/mol. The number of sulfonamides is 1. The molecule has 0 radical (unpaired) electrons. The number of ether oxygens (including phenoxy) is 3. The van der Waals surface area contributed by atoms with Gasteiger partial charge >= 0.3 is 0 Å². The molecule has 5 rings (SSSR count). The molecule has 0 aromatic heterocycles. The highest BCUT2D eigenvalue weighted by Gasteiger charge is 2.27. The Hall–Kier alpha value is -4.81. The lowest BCUT2D eigenvalue weighted by Gasteiger charge is -2.29. The van der Waals surface area contributed by atoms with Crippen LogP contribution in [-0.2, 0) is 32.7 Å². The number of hydrogen-bond acceptors (Lipinski definition) is 7. The van der Waals surface area contributed by atoms with Crippen LogP contribution in [0.15, 0.2) is 95.9 Å². The van der Waals surface area contributed by atoms with Crippen LogP contribution in [0.2, 0.25) is 5.02 Å². The quantitative estimate of drug-likeness (QED) is 0.218. The number of anilines is 1. The first kappa shape index (κ1) is 31.6. The summed E-state index contributed by atoms with van der Waals surface area (Å²) in [5.74, 6) is 0.147. The first-order valence-electron chi connectivity index (χ1n) is 13.8. The summed E-state index contributed by atoms with van der Waals surface area (Å²) >= 11 is 6.02. The van der Waals surface area contributed by atoms with Crippen LogP contribution in [0.3, 0.4) is 0 Å². The summed E-state index contributed by atoms with van der Waals surface area (Å²) in [7, 11) is -3.95. The van der Waals surface area contributed by atoms with E-state index in [1.165, 1.54) is 41.3 Å². The highest BCUT2D eigenvalue weighted by Crippen LogP contribution is 2.32. The van der Waals surface area contributed by atoms with E-state index < -0.39 is 34.4 Å². The highest BCUT2D eigenvalue weighted by atomic mass is 35.5. The molecule has 13 heteroatoms. The van der Waals surface area contributed by atoms with E-state index >= 15 is 0 Å². The van der Waals surface area contributed by atoms with Crippen molar-refractivity contribution in [3.63, 3.8) is 0 Å². The largest absolute Gasteiger partial charge is 0.484 e. The summed E-state index contributed by atoms with van der Waals surface area (Å²) in [6.07, 6.45) is 0. The van der Waals surface area contributed by atoms with Gasteiger partial charge in [0.2, 0.25) is 12.7 Å². The van der Waals surface area contributed by atoms with Gasteiger partial charge in [-0.1, -0.05) is 29.8 Å². The molecule has 234 valence electrons. The Balaban J connectivity index is 1.23. The van der Waals surface area contributed by atoms with Gasteiger partial charge in [0.15, 0.2) is 18.1 Å². The fourth-order valence-electron chi connectivity index (χ4n) is 4.43. The van der Waals surface area contributed by atoms with Crippen molar-refractivity contribution in [1.82, 2.24) is 10.2 Å². The molecule has 10 nitrogen and oxygen atoms in total. The second kappa shape index (κ2) is 13.9. The van der Waals surface area contributed by atoms with Gasteiger partial charge < -0.3 is 24.4 Å². The van der Waals surface area contributed by atoms with Gasteiger partial charge in [0.25, 0.3) is 15.9 Å². The molecule has 1 aliphatic heterocycles. The number of hydrogen-bond donors (Lipinski definition) is 2.